The minimum absolute atomic E-state index is 0.0166. The first-order chi connectivity index (χ1) is 13.6. The van der Waals surface area contributed by atoms with E-state index in [0.717, 1.165) is 0 Å². The van der Waals surface area contributed by atoms with Crippen LogP contribution in [0.1, 0.15) is 42.9 Å². The number of ether oxygens (including phenoxy) is 1. The van der Waals surface area contributed by atoms with Gasteiger partial charge in [-0.25, -0.2) is 8.42 Å². The number of aromatic nitrogens is 1. The zero-order valence-electron chi connectivity index (χ0n) is 16.7. The molecule has 29 heavy (non-hydrogen) atoms. The molecule has 10 heteroatoms. The van der Waals surface area contributed by atoms with Crippen LogP contribution in [0, 0.1) is 0 Å². The van der Waals surface area contributed by atoms with Crippen molar-refractivity contribution < 1.29 is 26.7 Å². The molecule has 1 atom stereocenters. The van der Waals surface area contributed by atoms with Crippen molar-refractivity contribution in [2.24, 2.45) is 7.05 Å². The molecule has 2 aromatic rings. The van der Waals surface area contributed by atoms with Crippen molar-refractivity contribution in [1.29, 1.82) is 0 Å². The Balaban J connectivity index is 2.26. The maximum atomic E-state index is 12.7. The molecule has 160 valence electrons. The van der Waals surface area contributed by atoms with Crippen LogP contribution in [-0.4, -0.2) is 42.9 Å². The van der Waals surface area contributed by atoms with Crippen LogP contribution in [0.4, 0.5) is 8.78 Å². The highest BCUT2D eigenvalue weighted by Gasteiger charge is 2.26. The summed E-state index contributed by atoms with van der Waals surface area (Å²) in [6.45, 7) is 2.73. The van der Waals surface area contributed by atoms with E-state index in [1.807, 2.05) is 0 Å². The van der Waals surface area contributed by atoms with Gasteiger partial charge in [0.2, 0.25) is 10.0 Å². The van der Waals surface area contributed by atoms with Gasteiger partial charge in [-0.1, -0.05) is 32.0 Å². The van der Waals surface area contributed by atoms with Gasteiger partial charge >= 0.3 is 6.61 Å². The lowest BCUT2D eigenvalue weighted by atomic mass is 10.1. The number of rotatable bonds is 9. The summed E-state index contributed by atoms with van der Waals surface area (Å²) in [6.07, 6.45) is 1.38. The Labute approximate surface area is 169 Å². The summed E-state index contributed by atoms with van der Waals surface area (Å²) in [5.41, 5.74) is 0.515. The maximum Gasteiger partial charge on any atom is 0.387 e. The van der Waals surface area contributed by atoms with Crippen LogP contribution in [0.2, 0.25) is 0 Å². The number of hydrogen-bond donors (Lipinski definition) is 1. The highest BCUT2D eigenvalue weighted by Crippen LogP contribution is 2.27. The number of hydrogen-bond acceptors (Lipinski definition) is 4. The van der Waals surface area contributed by atoms with Gasteiger partial charge in [0.15, 0.2) is 0 Å². The van der Waals surface area contributed by atoms with Gasteiger partial charge in [0.1, 0.15) is 16.3 Å². The van der Waals surface area contributed by atoms with Crippen LogP contribution in [0.5, 0.6) is 5.75 Å². The second-order valence-electron chi connectivity index (χ2n) is 6.37. The first-order valence-corrected chi connectivity index (χ1v) is 10.6. The monoisotopic (exact) mass is 429 g/mol. The third kappa shape index (κ3) is 5.13. The molecule has 1 unspecified atom stereocenters. The summed E-state index contributed by atoms with van der Waals surface area (Å²) in [5.74, 6) is -0.570. The lowest BCUT2D eigenvalue weighted by molar-refractivity contribution is -0.0506. The maximum absolute atomic E-state index is 12.7. The van der Waals surface area contributed by atoms with Crippen LogP contribution in [0.15, 0.2) is 41.4 Å². The lowest BCUT2D eigenvalue weighted by Crippen LogP contribution is -2.30. The summed E-state index contributed by atoms with van der Waals surface area (Å²) < 4.78 is 57.8. The summed E-state index contributed by atoms with van der Waals surface area (Å²) in [4.78, 5) is 12.7. The summed E-state index contributed by atoms with van der Waals surface area (Å²) in [6, 6.07) is 6.82. The quantitative estimate of drug-likeness (QED) is 0.664. The number of sulfonamides is 1. The third-order valence-corrected chi connectivity index (χ3v) is 6.52. The fraction of sp³-hybridized carbons (Fsp3) is 0.421. The van der Waals surface area contributed by atoms with Crippen molar-refractivity contribution in [2.45, 2.75) is 38.3 Å². The van der Waals surface area contributed by atoms with Crippen molar-refractivity contribution in [2.75, 3.05) is 13.1 Å². The number of amides is 1. The number of halogens is 2. The fourth-order valence-corrected chi connectivity index (χ4v) is 4.53. The van der Waals surface area contributed by atoms with Gasteiger partial charge in [0.05, 0.1) is 6.04 Å². The number of carbonyl (C=O) groups excluding carboxylic acids is 1. The number of nitrogens with one attached hydrogen (secondary N) is 1. The predicted octanol–water partition coefficient (Wildman–Crippen LogP) is 3.15. The molecule has 1 aromatic carbocycles. The molecule has 0 saturated heterocycles. The average Bonchev–Trinajstić information content (AvgIpc) is 3.05. The molecule has 1 heterocycles. The van der Waals surface area contributed by atoms with E-state index in [1.165, 1.54) is 27.2 Å². The molecule has 1 N–H and O–H groups in total. The number of benzene rings is 1. The number of carbonyl (C=O) groups is 1. The normalized spacial score (nSPS) is 13.0. The average molecular weight is 429 g/mol. The van der Waals surface area contributed by atoms with Crippen LogP contribution < -0.4 is 10.1 Å². The van der Waals surface area contributed by atoms with Gasteiger partial charge in [-0.05, 0) is 19.1 Å². The van der Waals surface area contributed by atoms with Gasteiger partial charge in [-0.15, -0.1) is 0 Å². The molecule has 0 aliphatic rings. The van der Waals surface area contributed by atoms with Crippen LogP contribution >= 0.6 is 0 Å². The minimum Gasteiger partial charge on any atom is -0.434 e. The SMILES string of the molecule is CCN(CC)S(=O)(=O)c1cc(C(=O)NC(C)c2ccccc2OC(F)F)n(C)c1. The second kappa shape index (κ2) is 9.36. The van der Waals surface area contributed by atoms with Crippen LogP contribution in [0.3, 0.4) is 0 Å². The molecule has 0 radical (unpaired) electrons. The topological polar surface area (TPSA) is 80.6 Å². The van der Waals surface area contributed by atoms with Crippen molar-refractivity contribution in [3.8, 4) is 5.75 Å². The number of para-hydroxylation sites is 1. The number of alkyl halides is 2. The van der Waals surface area contributed by atoms with Crippen molar-refractivity contribution in [3.05, 3.63) is 47.8 Å². The highest BCUT2D eigenvalue weighted by molar-refractivity contribution is 7.89. The molecule has 1 aromatic heterocycles. The van der Waals surface area contributed by atoms with E-state index in [4.69, 9.17) is 0 Å². The Morgan fingerprint density at radius 3 is 2.45 bits per heavy atom. The molecule has 1 amide bonds. The standard InChI is InChI=1S/C19H25F2N3O4S/c1-5-24(6-2)29(26,27)14-11-16(23(4)12-14)18(25)22-13(3)15-9-7-8-10-17(15)28-19(20)21/h7-13,19H,5-6H2,1-4H3,(H,22,25). The Morgan fingerprint density at radius 1 is 1.24 bits per heavy atom. The van der Waals surface area contributed by atoms with Gasteiger partial charge in [-0.3, -0.25) is 4.79 Å². The van der Waals surface area contributed by atoms with Gasteiger partial charge in [-0.2, -0.15) is 13.1 Å². The van der Waals surface area contributed by atoms with Crippen molar-refractivity contribution >= 4 is 15.9 Å². The van der Waals surface area contributed by atoms with Gasteiger partial charge < -0.3 is 14.6 Å². The van der Waals surface area contributed by atoms with Crippen LogP contribution in [0.25, 0.3) is 0 Å². The van der Waals surface area contributed by atoms with E-state index in [2.05, 4.69) is 10.1 Å². The number of aryl methyl sites for hydroxylation is 1. The lowest BCUT2D eigenvalue weighted by Gasteiger charge is -2.18. The Hall–Kier alpha value is -2.46. The number of nitrogens with zero attached hydrogens (tertiary/aromatic N) is 2. The van der Waals surface area contributed by atoms with Crippen molar-refractivity contribution in [1.82, 2.24) is 14.2 Å². The fourth-order valence-electron chi connectivity index (χ4n) is 3.00. The summed E-state index contributed by atoms with van der Waals surface area (Å²) in [7, 11) is -2.14. The molecule has 0 bridgehead atoms. The minimum atomic E-state index is -3.71. The molecule has 0 fully saturated rings. The summed E-state index contributed by atoms with van der Waals surface area (Å²) in [5, 5.41) is 2.70. The van der Waals surface area contributed by atoms with Crippen molar-refractivity contribution in [3.63, 3.8) is 0 Å². The van der Waals surface area contributed by atoms with Gasteiger partial charge in [0, 0.05) is 31.9 Å². The molecule has 7 nitrogen and oxygen atoms in total. The molecule has 0 saturated carbocycles. The van der Waals surface area contributed by atoms with E-state index < -0.39 is 28.6 Å². The summed E-state index contributed by atoms with van der Waals surface area (Å²) >= 11 is 0. The molecule has 0 aliphatic heterocycles. The Kier molecular flexibility index (Phi) is 7.37. The zero-order valence-corrected chi connectivity index (χ0v) is 17.5. The highest BCUT2D eigenvalue weighted by atomic mass is 32.2. The van der Waals surface area contributed by atoms with E-state index in [0.29, 0.717) is 18.7 Å². The predicted molar refractivity (Wildman–Crippen MR) is 104 cm³/mol. The first-order valence-electron chi connectivity index (χ1n) is 9.12. The second-order valence-corrected chi connectivity index (χ2v) is 8.31. The molecule has 2 rings (SSSR count). The molecular formula is C19H25F2N3O4S. The third-order valence-electron chi connectivity index (χ3n) is 4.50. The first kappa shape index (κ1) is 22.8. The van der Waals surface area contributed by atoms with E-state index >= 15 is 0 Å². The van der Waals surface area contributed by atoms with Gasteiger partial charge in [0.25, 0.3) is 5.91 Å². The molecular weight excluding hydrogens is 404 g/mol. The Bertz CT molecular complexity index is 956. The largest absolute Gasteiger partial charge is 0.434 e. The van der Waals surface area contributed by atoms with E-state index in [1.54, 1.807) is 46.0 Å². The molecule has 0 spiro atoms. The van der Waals surface area contributed by atoms with E-state index in [-0.39, 0.29) is 16.3 Å². The smallest absolute Gasteiger partial charge is 0.387 e. The Morgan fingerprint density at radius 2 is 1.86 bits per heavy atom. The molecule has 0 aliphatic carbocycles. The van der Waals surface area contributed by atoms with E-state index in [9.17, 15) is 22.0 Å². The van der Waals surface area contributed by atoms with Crippen LogP contribution in [-0.2, 0) is 17.1 Å². The zero-order chi connectivity index (χ0) is 21.8.